The molecule has 2 unspecified atom stereocenters. The third-order valence-corrected chi connectivity index (χ3v) is 2.94. The number of ether oxygens (including phenoxy) is 3. The lowest BCUT2D eigenvalue weighted by Gasteiger charge is -2.10. The van der Waals surface area contributed by atoms with E-state index in [0.717, 1.165) is 13.2 Å². The van der Waals surface area contributed by atoms with Gasteiger partial charge in [-0.1, -0.05) is 0 Å². The second-order valence-corrected chi connectivity index (χ2v) is 4.95. The summed E-state index contributed by atoms with van der Waals surface area (Å²) in [6.07, 6.45) is 2.56. The number of carboxylic acids is 1. The Kier molecular flexibility index (Phi) is 4.30. The van der Waals surface area contributed by atoms with E-state index < -0.39 is 11.8 Å². The number of rotatable bonds is 1. The predicted octanol–water partition coefficient (Wildman–Crippen LogP) is 1.99. The first-order valence-electron chi connectivity index (χ1n) is 6.00. The fraction of sp³-hybridized carbons (Fsp3) is 0.417. The zero-order valence-corrected chi connectivity index (χ0v) is 11.8. The van der Waals surface area contributed by atoms with E-state index in [2.05, 4.69) is 0 Å². The van der Waals surface area contributed by atoms with Gasteiger partial charge in [-0.05, 0) is 34.2 Å². The molecule has 1 saturated heterocycles. The van der Waals surface area contributed by atoms with Crippen molar-refractivity contribution in [1.29, 1.82) is 0 Å². The summed E-state index contributed by atoms with van der Waals surface area (Å²) in [5, 5.41) is 8.75. The molecule has 2 aliphatic heterocycles. The molecule has 0 radical (unpaired) electrons. The fourth-order valence-corrected chi connectivity index (χ4v) is 2.02. The smallest absolute Gasteiger partial charge is 0.418 e. The van der Waals surface area contributed by atoms with Crippen LogP contribution in [0.2, 0.25) is 0 Å². The fourth-order valence-electron chi connectivity index (χ4n) is 1.77. The molecule has 0 amide bonds. The van der Waals surface area contributed by atoms with Crippen LogP contribution in [0.15, 0.2) is 12.1 Å². The van der Waals surface area contributed by atoms with Gasteiger partial charge in [0.15, 0.2) is 11.5 Å². The molecule has 6 nitrogen and oxygen atoms in total. The standard InChI is InChI=1S/C8H7FNO4P.C4H8O/c9-8(15)13-4-2-1-3(7(11)12)5(10)6(4)14-8;1-2-4-5-3-1/h1-2H,10,15H2,(H,11,12);1-4H2. The molecule has 0 saturated carbocycles. The zero-order valence-electron chi connectivity index (χ0n) is 10.6. The topological polar surface area (TPSA) is 91.0 Å². The van der Waals surface area contributed by atoms with Gasteiger partial charge in [0.2, 0.25) is 0 Å². The zero-order chi connectivity index (χ0) is 14.8. The highest BCUT2D eigenvalue weighted by Crippen LogP contribution is 2.47. The molecule has 1 fully saturated rings. The summed E-state index contributed by atoms with van der Waals surface area (Å²) >= 11 is 0. The van der Waals surface area contributed by atoms with E-state index in [9.17, 15) is 9.18 Å². The van der Waals surface area contributed by atoms with Crippen molar-refractivity contribution in [3.63, 3.8) is 0 Å². The summed E-state index contributed by atoms with van der Waals surface area (Å²) in [7, 11) is 1.70. The van der Waals surface area contributed by atoms with Crippen LogP contribution in [0.1, 0.15) is 23.2 Å². The molecule has 8 heteroatoms. The lowest BCUT2D eigenvalue weighted by Crippen LogP contribution is -2.23. The quantitative estimate of drug-likeness (QED) is 0.609. The highest BCUT2D eigenvalue weighted by molar-refractivity contribution is 7.18. The second-order valence-electron chi connectivity index (χ2n) is 4.27. The SMILES string of the molecule is C1CCOC1.Nc1c(C(=O)O)ccc2c1OC(F)(P)O2. The number of nitrogens with two attached hydrogens (primary N) is 1. The monoisotopic (exact) mass is 303 g/mol. The number of alkyl halides is 1. The van der Waals surface area contributed by atoms with Crippen LogP contribution in [0.5, 0.6) is 11.5 Å². The number of nitrogen functional groups attached to an aromatic ring is 1. The molecule has 2 heterocycles. The van der Waals surface area contributed by atoms with Gasteiger partial charge in [0.05, 0.1) is 11.3 Å². The molecule has 0 bridgehead atoms. The Morgan fingerprint density at radius 2 is 2.00 bits per heavy atom. The highest BCUT2D eigenvalue weighted by Gasteiger charge is 2.39. The first-order valence-corrected chi connectivity index (χ1v) is 6.58. The maximum atomic E-state index is 13.2. The highest BCUT2D eigenvalue weighted by atomic mass is 31.0. The van der Waals surface area contributed by atoms with Crippen LogP contribution in [0.25, 0.3) is 0 Å². The maximum absolute atomic E-state index is 13.2. The molecule has 3 N–H and O–H groups in total. The number of aromatic carboxylic acids is 1. The van der Waals surface area contributed by atoms with Crippen LogP contribution in [-0.4, -0.2) is 30.1 Å². The number of carboxylic acid groups (broad SMARTS) is 1. The van der Waals surface area contributed by atoms with Crippen LogP contribution in [0.4, 0.5) is 10.1 Å². The summed E-state index contributed by atoms with van der Waals surface area (Å²) in [5.74, 6) is -3.60. The van der Waals surface area contributed by atoms with Crippen molar-refractivity contribution < 1.29 is 28.5 Å². The molecule has 2 atom stereocenters. The molecular weight excluding hydrogens is 288 g/mol. The van der Waals surface area contributed by atoms with Crippen LogP contribution < -0.4 is 15.2 Å². The number of halogens is 1. The summed E-state index contributed by atoms with van der Waals surface area (Å²) in [6, 6.07) is 2.52. The number of fused-ring (bicyclic) bond motifs is 1. The van der Waals surface area contributed by atoms with Crippen LogP contribution in [0.3, 0.4) is 0 Å². The number of hydrogen-bond donors (Lipinski definition) is 2. The third kappa shape index (κ3) is 3.29. The summed E-state index contributed by atoms with van der Waals surface area (Å²) in [4.78, 5) is 10.7. The van der Waals surface area contributed by atoms with Crippen molar-refractivity contribution in [1.82, 2.24) is 0 Å². The summed E-state index contributed by atoms with van der Waals surface area (Å²) in [5.41, 5.74) is 5.19. The Hall–Kier alpha value is -1.59. The van der Waals surface area contributed by atoms with E-state index in [1.807, 2.05) is 0 Å². The Morgan fingerprint density at radius 3 is 2.50 bits per heavy atom. The molecule has 0 aliphatic carbocycles. The molecular formula is C12H15FNO5P. The predicted molar refractivity (Wildman–Crippen MR) is 72.7 cm³/mol. The molecule has 2 aliphatic rings. The lowest BCUT2D eigenvalue weighted by molar-refractivity contribution is -0.104. The van der Waals surface area contributed by atoms with Crippen molar-refractivity contribution in [2.75, 3.05) is 18.9 Å². The minimum absolute atomic E-state index is 0.0787. The Morgan fingerprint density at radius 1 is 1.35 bits per heavy atom. The summed E-state index contributed by atoms with van der Waals surface area (Å²) < 4.78 is 27.6. The average molecular weight is 303 g/mol. The molecule has 1 aromatic carbocycles. The van der Waals surface area contributed by atoms with Gasteiger partial charge in [-0.2, -0.15) is 4.39 Å². The van der Waals surface area contributed by atoms with Gasteiger partial charge in [0, 0.05) is 13.2 Å². The first-order chi connectivity index (χ1) is 9.41. The second kappa shape index (κ2) is 5.81. The van der Waals surface area contributed by atoms with Crippen LogP contribution >= 0.6 is 9.24 Å². The molecule has 110 valence electrons. The van der Waals surface area contributed by atoms with E-state index in [1.54, 1.807) is 9.24 Å². The van der Waals surface area contributed by atoms with Gasteiger partial charge in [-0.3, -0.25) is 0 Å². The lowest BCUT2D eigenvalue weighted by atomic mass is 10.1. The van der Waals surface area contributed by atoms with Gasteiger partial charge in [0.25, 0.3) is 0 Å². The minimum Gasteiger partial charge on any atom is -0.478 e. The van der Waals surface area contributed by atoms with E-state index in [-0.39, 0.29) is 22.7 Å². The number of hydrogen-bond acceptors (Lipinski definition) is 5. The van der Waals surface area contributed by atoms with Gasteiger partial charge in [0.1, 0.15) is 0 Å². The van der Waals surface area contributed by atoms with E-state index in [1.165, 1.54) is 25.0 Å². The number of anilines is 1. The van der Waals surface area contributed by atoms with E-state index in [0.29, 0.717) is 0 Å². The van der Waals surface area contributed by atoms with Crippen molar-refractivity contribution in [2.45, 2.75) is 18.6 Å². The van der Waals surface area contributed by atoms with Gasteiger partial charge in [-0.25, -0.2) is 4.79 Å². The van der Waals surface area contributed by atoms with E-state index in [4.69, 9.17) is 25.1 Å². The largest absolute Gasteiger partial charge is 0.478 e. The normalized spacial score (nSPS) is 23.1. The Balaban J connectivity index is 0.000000247. The molecule has 0 aromatic heterocycles. The minimum atomic E-state index is -2.38. The number of benzene rings is 1. The van der Waals surface area contributed by atoms with E-state index >= 15 is 0 Å². The van der Waals surface area contributed by atoms with Gasteiger partial charge < -0.3 is 25.1 Å². The van der Waals surface area contributed by atoms with Gasteiger partial charge in [-0.15, -0.1) is 0 Å². The van der Waals surface area contributed by atoms with Gasteiger partial charge >= 0.3 is 11.8 Å². The maximum Gasteiger partial charge on any atom is 0.418 e. The average Bonchev–Trinajstić information content (AvgIpc) is 2.98. The van der Waals surface area contributed by atoms with Crippen molar-refractivity contribution in [2.24, 2.45) is 0 Å². The van der Waals surface area contributed by atoms with Crippen molar-refractivity contribution >= 4 is 20.9 Å². The molecule has 0 spiro atoms. The first kappa shape index (κ1) is 14.8. The Bertz CT molecular complexity index is 511. The van der Waals surface area contributed by atoms with Crippen molar-refractivity contribution in [3.05, 3.63) is 17.7 Å². The number of carbonyl (C=O) groups is 1. The molecule has 1 aromatic rings. The molecule has 3 rings (SSSR count). The third-order valence-electron chi connectivity index (χ3n) is 2.71. The Labute approximate surface area is 117 Å². The summed E-state index contributed by atoms with van der Waals surface area (Å²) in [6.45, 7) is 2.00. The van der Waals surface area contributed by atoms with Crippen LogP contribution in [0, 0.1) is 0 Å². The molecule has 20 heavy (non-hydrogen) atoms. The van der Waals surface area contributed by atoms with Crippen LogP contribution in [-0.2, 0) is 4.74 Å². The van der Waals surface area contributed by atoms with Crippen molar-refractivity contribution in [3.8, 4) is 11.5 Å².